The molecular weight excluding hydrogens is 332 g/mol. The highest BCUT2D eigenvalue weighted by Crippen LogP contribution is 2.24. The van der Waals surface area contributed by atoms with Gasteiger partial charge in [0, 0.05) is 22.3 Å². The third kappa shape index (κ3) is 4.40. The number of thiazole rings is 1. The van der Waals surface area contributed by atoms with Gasteiger partial charge in [-0.2, -0.15) is 0 Å². The van der Waals surface area contributed by atoms with Crippen molar-refractivity contribution >= 4 is 27.3 Å². The molecule has 0 fully saturated rings. The van der Waals surface area contributed by atoms with Crippen LogP contribution in [0, 0.1) is 12.8 Å². The molecule has 0 aliphatic rings. The first-order valence-electron chi connectivity index (χ1n) is 6.95. The summed E-state index contributed by atoms with van der Waals surface area (Å²) in [6.45, 7) is 8.54. The van der Waals surface area contributed by atoms with E-state index >= 15 is 0 Å². The number of rotatable bonds is 6. The molecular formula is C16H21BrN2S. The summed E-state index contributed by atoms with van der Waals surface area (Å²) < 4.78 is 1.16. The maximum Gasteiger partial charge on any atom is 0.0975 e. The van der Waals surface area contributed by atoms with Crippen LogP contribution in [0.5, 0.6) is 0 Å². The number of hydrogen-bond donors (Lipinski definition) is 1. The second-order valence-electron chi connectivity index (χ2n) is 5.41. The molecule has 1 heterocycles. The van der Waals surface area contributed by atoms with Gasteiger partial charge in [0.15, 0.2) is 0 Å². The van der Waals surface area contributed by atoms with Crippen LogP contribution in [-0.2, 0) is 13.0 Å². The summed E-state index contributed by atoms with van der Waals surface area (Å²) in [6, 6.07) is 8.35. The standard InChI is InChI=1S/C16H21BrN2S/c1-11(2)9-18-10-15-12(3)19-16(20-15)8-13-6-4-5-7-14(13)17/h4-7,11,18H,8-10H2,1-3H3. The highest BCUT2D eigenvalue weighted by atomic mass is 79.9. The quantitative estimate of drug-likeness (QED) is 0.824. The summed E-state index contributed by atoms with van der Waals surface area (Å²) in [5, 5.41) is 4.68. The van der Waals surface area contributed by atoms with Gasteiger partial charge in [-0.05, 0) is 31.0 Å². The van der Waals surface area contributed by atoms with E-state index in [-0.39, 0.29) is 0 Å². The highest BCUT2D eigenvalue weighted by molar-refractivity contribution is 9.10. The third-order valence-corrected chi connectivity index (χ3v) is 5.01. The second-order valence-corrected chi connectivity index (χ2v) is 7.43. The van der Waals surface area contributed by atoms with Crippen LogP contribution in [0.2, 0.25) is 0 Å². The molecule has 2 aromatic rings. The molecule has 1 aromatic carbocycles. The summed E-state index contributed by atoms with van der Waals surface area (Å²) in [5.41, 5.74) is 2.45. The SMILES string of the molecule is Cc1nc(Cc2ccccc2Br)sc1CNCC(C)C. The minimum atomic E-state index is 0.683. The zero-order valence-electron chi connectivity index (χ0n) is 12.2. The highest BCUT2D eigenvalue weighted by Gasteiger charge is 2.09. The largest absolute Gasteiger partial charge is 0.312 e. The van der Waals surface area contributed by atoms with Crippen molar-refractivity contribution in [1.29, 1.82) is 0 Å². The Hall–Kier alpha value is -0.710. The van der Waals surface area contributed by atoms with Gasteiger partial charge in [-0.25, -0.2) is 4.98 Å². The number of hydrogen-bond acceptors (Lipinski definition) is 3. The van der Waals surface area contributed by atoms with E-state index in [4.69, 9.17) is 4.98 Å². The van der Waals surface area contributed by atoms with Gasteiger partial charge in [0.2, 0.25) is 0 Å². The molecule has 0 aliphatic heterocycles. The topological polar surface area (TPSA) is 24.9 Å². The first-order valence-corrected chi connectivity index (χ1v) is 8.56. The van der Waals surface area contributed by atoms with Crippen molar-refractivity contribution in [2.75, 3.05) is 6.54 Å². The molecule has 0 saturated carbocycles. The van der Waals surface area contributed by atoms with Crippen LogP contribution in [0.25, 0.3) is 0 Å². The van der Waals surface area contributed by atoms with Crippen molar-refractivity contribution in [3.63, 3.8) is 0 Å². The van der Waals surface area contributed by atoms with Crippen LogP contribution < -0.4 is 5.32 Å². The Morgan fingerprint density at radius 3 is 2.75 bits per heavy atom. The molecule has 1 aromatic heterocycles. The van der Waals surface area contributed by atoms with Crippen molar-refractivity contribution in [2.24, 2.45) is 5.92 Å². The summed E-state index contributed by atoms with van der Waals surface area (Å²) >= 11 is 5.42. The van der Waals surface area contributed by atoms with Crippen molar-refractivity contribution in [3.05, 3.63) is 49.9 Å². The van der Waals surface area contributed by atoms with E-state index in [1.165, 1.54) is 15.4 Å². The van der Waals surface area contributed by atoms with Gasteiger partial charge in [-0.1, -0.05) is 48.0 Å². The Kier molecular flexibility index (Phi) is 5.75. The van der Waals surface area contributed by atoms with E-state index in [9.17, 15) is 0 Å². The van der Waals surface area contributed by atoms with Gasteiger partial charge in [0.25, 0.3) is 0 Å². The summed E-state index contributed by atoms with van der Waals surface area (Å²) in [5.74, 6) is 0.683. The molecule has 0 atom stereocenters. The van der Waals surface area contributed by atoms with E-state index < -0.39 is 0 Å². The fraction of sp³-hybridized carbons (Fsp3) is 0.438. The maximum atomic E-state index is 4.70. The number of aromatic nitrogens is 1. The Balaban J connectivity index is 2.02. The zero-order chi connectivity index (χ0) is 14.5. The number of nitrogens with zero attached hydrogens (tertiary/aromatic N) is 1. The number of aryl methyl sites for hydroxylation is 1. The number of halogens is 1. The Morgan fingerprint density at radius 1 is 1.30 bits per heavy atom. The van der Waals surface area contributed by atoms with E-state index in [0.717, 1.165) is 29.7 Å². The number of nitrogens with one attached hydrogen (secondary N) is 1. The average Bonchev–Trinajstić information content (AvgIpc) is 2.72. The third-order valence-electron chi connectivity index (χ3n) is 3.07. The molecule has 0 saturated heterocycles. The van der Waals surface area contributed by atoms with Crippen molar-refractivity contribution in [1.82, 2.24) is 10.3 Å². The average molecular weight is 353 g/mol. The van der Waals surface area contributed by atoms with Crippen LogP contribution >= 0.6 is 27.3 Å². The van der Waals surface area contributed by atoms with E-state index in [1.54, 1.807) is 0 Å². The summed E-state index contributed by atoms with van der Waals surface area (Å²) in [6.07, 6.45) is 0.900. The minimum absolute atomic E-state index is 0.683. The van der Waals surface area contributed by atoms with Gasteiger partial charge in [-0.15, -0.1) is 11.3 Å². The summed E-state index contributed by atoms with van der Waals surface area (Å²) in [4.78, 5) is 6.06. The normalized spacial score (nSPS) is 11.2. The minimum Gasteiger partial charge on any atom is -0.312 e. The van der Waals surface area contributed by atoms with Crippen molar-refractivity contribution in [3.8, 4) is 0 Å². The molecule has 0 unspecified atom stereocenters. The Morgan fingerprint density at radius 2 is 2.05 bits per heavy atom. The maximum absolute atomic E-state index is 4.70. The van der Waals surface area contributed by atoms with Gasteiger partial charge in [0.05, 0.1) is 10.7 Å². The summed E-state index contributed by atoms with van der Waals surface area (Å²) in [7, 11) is 0. The molecule has 20 heavy (non-hydrogen) atoms. The predicted molar refractivity (Wildman–Crippen MR) is 90.3 cm³/mol. The first kappa shape index (κ1) is 15.7. The Bertz CT molecular complexity index is 563. The van der Waals surface area contributed by atoms with Gasteiger partial charge in [0.1, 0.15) is 0 Å². The molecule has 4 heteroatoms. The van der Waals surface area contributed by atoms with Crippen LogP contribution in [0.3, 0.4) is 0 Å². The molecule has 0 aliphatic carbocycles. The molecule has 0 radical (unpaired) electrons. The molecule has 1 N–H and O–H groups in total. The van der Waals surface area contributed by atoms with Crippen LogP contribution in [0.4, 0.5) is 0 Å². The van der Waals surface area contributed by atoms with Crippen molar-refractivity contribution < 1.29 is 0 Å². The lowest BCUT2D eigenvalue weighted by molar-refractivity contribution is 0.554. The molecule has 2 rings (SSSR count). The predicted octanol–water partition coefficient (Wildman–Crippen LogP) is 4.55. The zero-order valence-corrected chi connectivity index (χ0v) is 14.6. The monoisotopic (exact) mass is 352 g/mol. The van der Waals surface area contributed by atoms with E-state index in [1.807, 2.05) is 17.4 Å². The lowest BCUT2D eigenvalue weighted by Gasteiger charge is -2.05. The van der Waals surface area contributed by atoms with Gasteiger partial charge in [-0.3, -0.25) is 0 Å². The lowest BCUT2D eigenvalue weighted by Crippen LogP contribution is -2.18. The smallest absolute Gasteiger partial charge is 0.0975 e. The molecule has 0 amide bonds. The fourth-order valence-corrected chi connectivity index (χ4v) is 3.49. The van der Waals surface area contributed by atoms with Crippen LogP contribution in [0.15, 0.2) is 28.7 Å². The van der Waals surface area contributed by atoms with E-state index in [0.29, 0.717) is 5.92 Å². The van der Waals surface area contributed by atoms with Crippen molar-refractivity contribution in [2.45, 2.75) is 33.7 Å². The molecule has 0 bridgehead atoms. The van der Waals surface area contributed by atoms with Gasteiger partial charge < -0.3 is 5.32 Å². The first-order chi connectivity index (χ1) is 9.56. The lowest BCUT2D eigenvalue weighted by atomic mass is 10.2. The van der Waals surface area contributed by atoms with E-state index in [2.05, 4.69) is 60.2 Å². The second kappa shape index (κ2) is 7.34. The number of benzene rings is 1. The molecule has 108 valence electrons. The van der Waals surface area contributed by atoms with Crippen LogP contribution in [-0.4, -0.2) is 11.5 Å². The fourth-order valence-electron chi connectivity index (χ4n) is 2.01. The molecule has 2 nitrogen and oxygen atoms in total. The Labute approximate surface area is 133 Å². The molecule has 0 spiro atoms. The van der Waals surface area contributed by atoms with Gasteiger partial charge >= 0.3 is 0 Å². The van der Waals surface area contributed by atoms with Crippen LogP contribution in [0.1, 0.15) is 35.0 Å².